The van der Waals surface area contributed by atoms with E-state index in [1.54, 1.807) is 0 Å². The highest BCUT2D eigenvalue weighted by Gasteiger charge is 2.20. The van der Waals surface area contributed by atoms with Crippen molar-refractivity contribution in [2.45, 2.75) is 6.92 Å². The molecule has 0 atom stereocenters. The topological polar surface area (TPSA) is 81.8 Å². The number of carbonyl (C=O) groups is 1. The van der Waals surface area contributed by atoms with E-state index in [0.29, 0.717) is 26.2 Å². The van der Waals surface area contributed by atoms with Crippen molar-refractivity contribution in [3.05, 3.63) is 18.2 Å². The number of nitrogen functional groups attached to an aromatic ring is 1. The third-order valence-corrected chi connectivity index (χ3v) is 3.32. The van der Waals surface area contributed by atoms with Gasteiger partial charge in [0.2, 0.25) is 0 Å². The zero-order valence-corrected chi connectivity index (χ0v) is 11.1. The lowest BCUT2D eigenvalue weighted by molar-refractivity contribution is 0.142. The molecular weight excluding hydrogens is 244 g/mol. The maximum atomic E-state index is 10.9. The van der Waals surface area contributed by atoms with Crippen LogP contribution in [0.1, 0.15) is 6.92 Å². The van der Waals surface area contributed by atoms with Crippen LogP contribution in [0.15, 0.2) is 18.2 Å². The van der Waals surface area contributed by atoms with E-state index in [1.807, 2.05) is 25.1 Å². The Kier molecular flexibility index (Phi) is 3.99. The van der Waals surface area contributed by atoms with Crippen LogP contribution in [0.25, 0.3) is 0 Å². The van der Waals surface area contributed by atoms with Crippen molar-refractivity contribution >= 4 is 23.2 Å². The van der Waals surface area contributed by atoms with Gasteiger partial charge in [-0.05, 0) is 25.1 Å². The van der Waals surface area contributed by atoms with Crippen LogP contribution in [0.3, 0.4) is 0 Å². The Morgan fingerprint density at radius 3 is 2.63 bits per heavy atom. The number of rotatable bonds is 3. The smallest absolute Gasteiger partial charge is 0.407 e. The van der Waals surface area contributed by atoms with E-state index in [-0.39, 0.29) is 0 Å². The van der Waals surface area contributed by atoms with Gasteiger partial charge in [-0.1, -0.05) is 0 Å². The first-order chi connectivity index (χ1) is 9.11. The number of hydrogen-bond donors (Lipinski definition) is 3. The van der Waals surface area contributed by atoms with Gasteiger partial charge in [0, 0.05) is 38.4 Å². The zero-order chi connectivity index (χ0) is 13.8. The fourth-order valence-electron chi connectivity index (χ4n) is 2.24. The molecule has 19 heavy (non-hydrogen) atoms. The molecule has 4 N–H and O–H groups in total. The molecule has 0 aromatic heterocycles. The summed E-state index contributed by atoms with van der Waals surface area (Å²) >= 11 is 0. The molecule has 2 rings (SSSR count). The highest BCUT2D eigenvalue weighted by Crippen LogP contribution is 2.26. The summed E-state index contributed by atoms with van der Waals surface area (Å²) in [6.45, 7) is 5.34. The largest absolute Gasteiger partial charge is 0.465 e. The van der Waals surface area contributed by atoms with Gasteiger partial charge in [-0.15, -0.1) is 0 Å². The number of carboxylic acid groups (broad SMARTS) is 1. The summed E-state index contributed by atoms with van der Waals surface area (Å²) < 4.78 is 0. The normalized spacial score (nSPS) is 15.4. The zero-order valence-electron chi connectivity index (χ0n) is 11.1. The van der Waals surface area contributed by atoms with Crippen molar-refractivity contribution in [2.75, 3.05) is 48.7 Å². The summed E-state index contributed by atoms with van der Waals surface area (Å²) in [6.07, 6.45) is -0.842. The van der Waals surface area contributed by atoms with E-state index >= 15 is 0 Å². The molecule has 1 heterocycles. The summed E-state index contributed by atoms with van der Waals surface area (Å²) in [6, 6.07) is 5.89. The standard InChI is InChI=1S/C13H20N4O2/c1-2-15-12-9-10(3-4-11(12)14)16-5-7-17(8-6-16)13(18)19/h3-4,9,15H,2,5-8,14H2,1H3,(H,18,19). The van der Waals surface area contributed by atoms with Crippen LogP contribution in [-0.4, -0.2) is 48.8 Å². The molecule has 1 aliphatic heterocycles. The highest BCUT2D eigenvalue weighted by molar-refractivity contribution is 5.72. The fourth-order valence-corrected chi connectivity index (χ4v) is 2.24. The lowest BCUT2D eigenvalue weighted by Crippen LogP contribution is -2.48. The maximum Gasteiger partial charge on any atom is 0.407 e. The molecule has 1 saturated heterocycles. The third-order valence-electron chi connectivity index (χ3n) is 3.32. The van der Waals surface area contributed by atoms with Crippen LogP contribution in [0.5, 0.6) is 0 Å². The number of amides is 1. The molecule has 6 heteroatoms. The van der Waals surface area contributed by atoms with Crippen LogP contribution in [0.2, 0.25) is 0 Å². The Morgan fingerprint density at radius 1 is 1.37 bits per heavy atom. The SMILES string of the molecule is CCNc1cc(N2CCN(C(=O)O)CC2)ccc1N. The molecule has 1 aliphatic rings. The predicted molar refractivity (Wildman–Crippen MR) is 76.8 cm³/mol. The van der Waals surface area contributed by atoms with Crippen molar-refractivity contribution < 1.29 is 9.90 Å². The monoisotopic (exact) mass is 264 g/mol. The Hall–Kier alpha value is -2.11. The molecular formula is C13H20N4O2. The Labute approximate surface area is 112 Å². The van der Waals surface area contributed by atoms with Gasteiger partial charge in [0.1, 0.15) is 0 Å². The summed E-state index contributed by atoms with van der Waals surface area (Å²) in [5.74, 6) is 0. The van der Waals surface area contributed by atoms with Crippen LogP contribution >= 0.6 is 0 Å². The molecule has 0 aliphatic carbocycles. The minimum atomic E-state index is -0.842. The minimum Gasteiger partial charge on any atom is -0.465 e. The number of anilines is 3. The number of hydrogen-bond acceptors (Lipinski definition) is 4. The summed E-state index contributed by atoms with van der Waals surface area (Å²) in [4.78, 5) is 14.5. The molecule has 0 radical (unpaired) electrons. The van der Waals surface area contributed by atoms with Gasteiger partial charge in [-0.25, -0.2) is 4.79 Å². The van der Waals surface area contributed by atoms with Gasteiger partial charge >= 0.3 is 6.09 Å². The molecule has 0 bridgehead atoms. The second-order valence-electron chi connectivity index (χ2n) is 4.56. The number of piperazine rings is 1. The first-order valence-electron chi connectivity index (χ1n) is 6.48. The molecule has 0 spiro atoms. The first-order valence-corrected chi connectivity index (χ1v) is 6.48. The maximum absolute atomic E-state index is 10.9. The minimum absolute atomic E-state index is 0.538. The van der Waals surface area contributed by atoms with Gasteiger partial charge in [0.15, 0.2) is 0 Å². The van der Waals surface area contributed by atoms with Gasteiger partial charge in [-0.2, -0.15) is 0 Å². The summed E-state index contributed by atoms with van der Waals surface area (Å²) in [5, 5.41) is 12.2. The van der Waals surface area contributed by atoms with Gasteiger partial charge in [-0.3, -0.25) is 0 Å². The Bertz CT molecular complexity index is 456. The second-order valence-corrected chi connectivity index (χ2v) is 4.56. The molecule has 0 saturated carbocycles. The number of nitrogens with zero attached hydrogens (tertiary/aromatic N) is 2. The Morgan fingerprint density at radius 2 is 2.05 bits per heavy atom. The van der Waals surface area contributed by atoms with E-state index in [0.717, 1.165) is 23.6 Å². The van der Waals surface area contributed by atoms with E-state index in [4.69, 9.17) is 10.8 Å². The fraction of sp³-hybridized carbons (Fsp3) is 0.462. The molecule has 1 amide bonds. The quantitative estimate of drug-likeness (QED) is 0.721. The van der Waals surface area contributed by atoms with Crippen molar-refractivity contribution in [1.82, 2.24) is 4.90 Å². The van der Waals surface area contributed by atoms with Gasteiger partial charge in [0.05, 0.1) is 11.4 Å². The van der Waals surface area contributed by atoms with E-state index in [2.05, 4.69) is 10.2 Å². The van der Waals surface area contributed by atoms with Crippen molar-refractivity contribution in [2.24, 2.45) is 0 Å². The Balaban J connectivity index is 2.07. The molecule has 0 unspecified atom stereocenters. The molecule has 1 aromatic carbocycles. The number of benzene rings is 1. The van der Waals surface area contributed by atoms with Crippen LogP contribution < -0.4 is 16.0 Å². The molecule has 1 fully saturated rings. The summed E-state index contributed by atoms with van der Waals surface area (Å²) in [5.41, 5.74) is 8.64. The van der Waals surface area contributed by atoms with Crippen molar-refractivity contribution in [1.29, 1.82) is 0 Å². The third kappa shape index (κ3) is 3.01. The van der Waals surface area contributed by atoms with E-state index in [9.17, 15) is 4.79 Å². The van der Waals surface area contributed by atoms with E-state index < -0.39 is 6.09 Å². The highest BCUT2D eigenvalue weighted by atomic mass is 16.4. The first kappa shape index (κ1) is 13.3. The van der Waals surface area contributed by atoms with Crippen molar-refractivity contribution in [3.63, 3.8) is 0 Å². The van der Waals surface area contributed by atoms with Crippen LogP contribution in [0.4, 0.5) is 21.9 Å². The molecule has 1 aromatic rings. The lowest BCUT2D eigenvalue weighted by Gasteiger charge is -2.34. The van der Waals surface area contributed by atoms with Crippen LogP contribution in [0, 0.1) is 0 Å². The van der Waals surface area contributed by atoms with E-state index in [1.165, 1.54) is 4.90 Å². The molecule has 104 valence electrons. The van der Waals surface area contributed by atoms with Gasteiger partial charge < -0.3 is 26.0 Å². The van der Waals surface area contributed by atoms with Gasteiger partial charge in [0.25, 0.3) is 0 Å². The van der Waals surface area contributed by atoms with Crippen LogP contribution in [-0.2, 0) is 0 Å². The average molecular weight is 264 g/mol. The second kappa shape index (κ2) is 5.69. The lowest BCUT2D eigenvalue weighted by atomic mass is 10.2. The number of nitrogens with two attached hydrogens (primary N) is 1. The average Bonchev–Trinajstić information content (AvgIpc) is 2.41. The van der Waals surface area contributed by atoms with Crippen molar-refractivity contribution in [3.8, 4) is 0 Å². The molecule has 6 nitrogen and oxygen atoms in total. The summed E-state index contributed by atoms with van der Waals surface area (Å²) in [7, 11) is 0. The predicted octanol–water partition coefficient (Wildman–Crippen LogP) is 1.50. The number of nitrogens with one attached hydrogen (secondary N) is 1.